The van der Waals surface area contributed by atoms with Gasteiger partial charge in [0.25, 0.3) is 0 Å². The minimum atomic E-state index is -0.319. The van der Waals surface area contributed by atoms with Crippen molar-refractivity contribution in [2.24, 2.45) is 0 Å². The summed E-state index contributed by atoms with van der Waals surface area (Å²) in [5.41, 5.74) is 2.94. The van der Waals surface area contributed by atoms with Crippen molar-refractivity contribution in [2.45, 2.75) is 19.6 Å². The summed E-state index contributed by atoms with van der Waals surface area (Å²) >= 11 is 2.98. The lowest BCUT2D eigenvalue weighted by Gasteiger charge is -2.12. The minimum absolute atomic E-state index is 0.0162. The summed E-state index contributed by atoms with van der Waals surface area (Å²) < 4.78 is 27.4. The Balaban J connectivity index is 1.40. The molecule has 36 heavy (non-hydrogen) atoms. The van der Waals surface area contributed by atoms with Crippen LogP contribution in [0.2, 0.25) is 0 Å². The fourth-order valence-electron chi connectivity index (χ4n) is 3.76. The third-order valence-corrected chi connectivity index (χ3v) is 7.71. The molecule has 5 heteroatoms. The monoisotopic (exact) mass is 510 g/mol. The van der Waals surface area contributed by atoms with E-state index in [0.717, 1.165) is 30.7 Å². The largest absolute Gasteiger partial charge is 0.289 e. The summed E-state index contributed by atoms with van der Waals surface area (Å²) in [6, 6.07) is 35.6. The third kappa shape index (κ3) is 5.59. The second kappa shape index (κ2) is 10.9. The van der Waals surface area contributed by atoms with Crippen LogP contribution in [-0.4, -0.2) is 5.78 Å². The van der Waals surface area contributed by atoms with Gasteiger partial charge >= 0.3 is 0 Å². The molecule has 0 saturated carbocycles. The molecular weight excluding hydrogens is 490 g/mol. The maximum atomic E-state index is 14.2. The van der Waals surface area contributed by atoms with Crippen molar-refractivity contribution in [1.29, 1.82) is 0 Å². The van der Waals surface area contributed by atoms with Gasteiger partial charge in [0.2, 0.25) is 0 Å². The molecule has 176 valence electrons. The van der Waals surface area contributed by atoms with E-state index in [4.69, 9.17) is 0 Å². The van der Waals surface area contributed by atoms with Crippen molar-refractivity contribution in [2.75, 3.05) is 0 Å². The molecule has 0 aliphatic carbocycles. The number of carbonyl (C=O) groups excluding carboxylic acids is 1. The van der Waals surface area contributed by atoms with Crippen LogP contribution in [-0.2, 0) is 0 Å². The Morgan fingerprint density at radius 1 is 0.556 bits per heavy atom. The molecule has 0 amide bonds. The molecule has 0 fully saturated rings. The number of hydrogen-bond donors (Lipinski definition) is 0. The number of hydrogen-bond acceptors (Lipinski definition) is 3. The quantitative estimate of drug-likeness (QED) is 0.203. The van der Waals surface area contributed by atoms with Crippen LogP contribution in [0.15, 0.2) is 141 Å². The standard InChI is InChI=1S/C31H20F2OS2/c32-23-12-17-26(18-13-23)36-30-19-14-24(33)20-28(30)21-10-15-25(16-11-21)35-29-9-5-4-8-27(29)31(34)22-6-2-1-3-7-22/h1-20H. The number of rotatable bonds is 7. The Bertz CT molecular complexity index is 1500. The molecule has 0 heterocycles. The van der Waals surface area contributed by atoms with Crippen molar-refractivity contribution in [3.05, 3.63) is 144 Å². The van der Waals surface area contributed by atoms with E-state index in [1.807, 2.05) is 78.9 Å². The molecule has 0 unspecified atom stereocenters. The van der Waals surface area contributed by atoms with Crippen LogP contribution in [0.3, 0.4) is 0 Å². The van der Waals surface area contributed by atoms with Crippen LogP contribution in [0.1, 0.15) is 15.9 Å². The van der Waals surface area contributed by atoms with E-state index in [0.29, 0.717) is 11.1 Å². The first-order valence-electron chi connectivity index (χ1n) is 11.3. The summed E-state index contributed by atoms with van der Waals surface area (Å²) in [6.45, 7) is 0. The first-order chi connectivity index (χ1) is 17.6. The van der Waals surface area contributed by atoms with Gasteiger partial charge in [-0.1, -0.05) is 78.1 Å². The Morgan fingerprint density at radius 2 is 1.14 bits per heavy atom. The number of benzene rings is 5. The van der Waals surface area contributed by atoms with Crippen LogP contribution < -0.4 is 0 Å². The highest BCUT2D eigenvalue weighted by Crippen LogP contribution is 2.38. The number of ketones is 1. The summed E-state index contributed by atoms with van der Waals surface area (Å²) in [4.78, 5) is 16.7. The predicted octanol–water partition coefficient (Wildman–Crippen LogP) is 9.17. The number of carbonyl (C=O) groups is 1. The van der Waals surface area contributed by atoms with Crippen LogP contribution in [0, 0.1) is 11.6 Å². The van der Waals surface area contributed by atoms with Gasteiger partial charge in [0.05, 0.1) is 0 Å². The molecule has 5 aromatic carbocycles. The molecule has 0 spiro atoms. The van der Waals surface area contributed by atoms with E-state index in [1.54, 1.807) is 18.2 Å². The van der Waals surface area contributed by atoms with Gasteiger partial charge in [-0.25, -0.2) is 8.78 Å². The second-order valence-electron chi connectivity index (χ2n) is 8.01. The molecule has 1 nitrogen and oxygen atoms in total. The zero-order chi connectivity index (χ0) is 24.9. The van der Waals surface area contributed by atoms with Gasteiger partial charge in [-0.3, -0.25) is 4.79 Å². The zero-order valence-corrected chi connectivity index (χ0v) is 20.7. The van der Waals surface area contributed by atoms with Crippen LogP contribution in [0.4, 0.5) is 8.78 Å². The van der Waals surface area contributed by atoms with Crippen molar-refractivity contribution in [3.8, 4) is 11.1 Å². The van der Waals surface area contributed by atoms with Gasteiger partial charge in [0.15, 0.2) is 5.78 Å². The maximum Gasteiger partial charge on any atom is 0.194 e. The fraction of sp³-hybridized carbons (Fsp3) is 0. The first-order valence-corrected chi connectivity index (χ1v) is 12.9. The van der Waals surface area contributed by atoms with E-state index >= 15 is 0 Å². The van der Waals surface area contributed by atoms with Crippen LogP contribution in [0.25, 0.3) is 11.1 Å². The average molecular weight is 511 g/mol. The highest BCUT2D eigenvalue weighted by atomic mass is 32.2. The molecule has 0 radical (unpaired) electrons. The number of halogens is 2. The van der Waals surface area contributed by atoms with E-state index in [1.165, 1.54) is 47.8 Å². The maximum absolute atomic E-state index is 14.2. The van der Waals surface area contributed by atoms with Crippen molar-refractivity contribution in [3.63, 3.8) is 0 Å². The summed E-state index contributed by atoms with van der Waals surface area (Å²) in [5.74, 6) is -0.628. The van der Waals surface area contributed by atoms with E-state index in [9.17, 15) is 13.6 Å². The lowest BCUT2D eigenvalue weighted by Crippen LogP contribution is -2.02. The molecular formula is C31H20F2OS2. The molecule has 0 saturated heterocycles. The highest BCUT2D eigenvalue weighted by molar-refractivity contribution is 7.99. The molecule has 5 rings (SSSR count). The van der Waals surface area contributed by atoms with Gasteiger partial charge in [-0.05, 0) is 77.9 Å². The molecule has 0 N–H and O–H groups in total. The van der Waals surface area contributed by atoms with Crippen molar-refractivity contribution in [1.82, 2.24) is 0 Å². The van der Waals surface area contributed by atoms with Gasteiger partial charge in [0, 0.05) is 30.7 Å². The molecule has 0 aromatic heterocycles. The van der Waals surface area contributed by atoms with Crippen LogP contribution >= 0.6 is 23.5 Å². The molecule has 0 aliphatic heterocycles. The van der Waals surface area contributed by atoms with Gasteiger partial charge in [0.1, 0.15) is 11.6 Å². The smallest absolute Gasteiger partial charge is 0.194 e. The van der Waals surface area contributed by atoms with Gasteiger partial charge < -0.3 is 0 Å². The fourth-order valence-corrected chi connectivity index (χ4v) is 5.66. The molecule has 0 bridgehead atoms. The van der Waals surface area contributed by atoms with E-state index in [-0.39, 0.29) is 17.4 Å². The predicted molar refractivity (Wildman–Crippen MR) is 143 cm³/mol. The zero-order valence-electron chi connectivity index (χ0n) is 19.0. The Hall–Kier alpha value is -3.67. The lowest BCUT2D eigenvalue weighted by molar-refractivity contribution is 0.103. The van der Waals surface area contributed by atoms with Crippen molar-refractivity contribution < 1.29 is 13.6 Å². The van der Waals surface area contributed by atoms with Gasteiger partial charge in [-0.15, -0.1) is 0 Å². The molecule has 0 atom stereocenters. The summed E-state index contributed by atoms with van der Waals surface area (Å²) in [6.07, 6.45) is 0. The lowest BCUT2D eigenvalue weighted by atomic mass is 10.0. The Morgan fingerprint density at radius 3 is 1.86 bits per heavy atom. The van der Waals surface area contributed by atoms with E-state index in [2.05, 4.69) is 0 Å². The Kier molecular flexibility index (Phi) is 7.31. The molecule has 5 aromatic rings. The highest BCUT2D eigenvalue weighted by Gasteiger charge is 2.14. The van der Waals surface area contributed by atoms with Crippen molar-refractivity contribution >= 4 is 29.3 Å². The average Bonchev–Trinajstić information content (AvgIpc) is 2.92. The Labute approximate surface area is 217 Å². The van der Waals surface area contributed by atoms with E-state index < -0.39 is 0 Å². The second-order valence-corrected chi connectivity index (χ2v) is 10.2. The van der Waals surface area contributed by atoms with Gasteiger partial charge in [-0.2, -0.15) is 0 Å². The molecule has 0 aliphatic rings. The summed E-state index contributed by atoms with van der Waals surface area (Å²) in [5, 5.41) is 0. The third-order valence-electron chi connectivity index (χ3n) is 5.54. The SMILES string of the molecule is O=C(c1ccccc1)c1ccccc1Sc1ccc(-c2cc(F)ccc2Sc2ccc(F)cc2)cc1. The minimum Gasteiger partial charge on any atom is -0.289 e. The topological polar surface area (TPSA) is 17.1 Å². The summed E-state index contributed by atoms with van der Waals surface area (Å²) in [7, 11) is 0. The first kappa shape index (κ1) is 24.0. The van der Waals surface area contributed by atoms with Crippen LogP contribution in [0.5, 0.6) is 0 Å². The normalized spacial score (nSPS) is 10.8.